The second kappa shape index (κ2) is 6.67. The zero-order valence-corrected chi connectivity index (χ0v) is 10.5. The summed E-state index contributed by atoms with van der Waals surface area (Å²) >= 11 is 1.89. The summed E-state index contributed by atoms with van der Waals surface area (Å²) in [6.07, 6.45) is 1.20. The predicted octanol–water partition coefficient (Wildman–Crippen LogP) is 2.86. The van der Waals surface area contributed by atoms with Gasteiger partial charge in [-0.3, -0.25) is 0 Å². The lowest BCUT2D eigenvalue weighted by Crippen LogP contribution is -2.04. The molecule has 84 valence electrons. The molecule has 0 atom stereocenters. The van der Waals surface area contributed by atoms with Crippen LogP contribution in [0.25, 0.3) is 0 Å². The van der Waals surface area contributed by atoms with Gasteiger partial charge in [0.05, 0.1) is 5.75 Å². The first-order valence-corrected chi connectivity index (χ1v) is 6.58. The van der Waals surface area contributed by atoms with E-state index in [1.54, 1.807) is 0 Å². The van der Waals surface area contributed by atoms with E-state index in [1.807, 2.05) is 24.8 Å². The van der Waals surface area contributed by atoms with E-state index in [-0.39, 0.29) is 0 Å². The highest BCUT2D eigenvalue weighted by Crippen LogP contribution is 2.12. The van der Waals surface area contributed by atoms with Crippen LogP contribution in [0.2, 0.25) is 0 Å². The molecule has 0 aliphatic rings. The molecule has 0 amide bonds. The number of nitrogens with one attached hydrogen (secondary N) is 1. The zero-order chi connectivity index (χ0) is 11.1. The standard InChI is InChI=1S/C11H19N3S/c1-4-6-15-8-11-13-9(3)7-10(14-11)12-5-2/h7H,4-6,8H2,1-3H3,(H,12,13,14). The average Bonchev–Trinajstić information content (AvgIpc) is 2.18. The molecule has 1 aromatic rings. The van der Waals surface area contributed by atoms with Crippen LogP contribution in [0.15, 0.2) is 6.07 Å². The zero-order valence-electron chi connectivity index (χ0n) is 9.71. The number of anilines is 1. The fourth-order valence-corrected chi connectivity index (χ4v) is 2.02. The van der Waals surface area contributed by atoms with Crippen molar-refractivity contribution in [3.05, 3.63) is 17.6 Å². The Kier molecular flexibility index (Phi) is 5.47. The smallest absolute Gasteiger partial charge is 0.140 e. The van der Waals surface area contributed by atoms with Gasteiger partial charge >= 0.3 is 0 Å². The monoisotopic (exact) mass is 225 g/mol. The molecule has 0 aliphatic heterocycles. The molecule has 0 saturated carbocycles. The molecule has 1 heterocycles. The Balaban J connectivity index is 2.62. The Morgan fingerprint density at radius 3 is 2.80 bits per heavy atom. The van der Waals surface area contributed by atoms with Crippen LogP contribution in [0.4, 0.5) is 5.82 Å². The molecule has 0 saturated heterocycles. The first kappa shape index (κ1) is 12.3. The van der Waals surface area contributed by atoms with Gasteiger partial charge in [-0.15, -0.1) is 0 Å². The average molecular weight is 225 g/mol. The van der Waals surface area contributed by atoms with E-state index >= 15 is 0 Å². The van der Waals surface area contributed by atoms with E-state index in [9.17, 15) is 0 Å². The molecule has 1 N–H and O–H groups in total. The highest BCUT2D eigenvalue weighted by molar-refractivity contribution is 7.98. The van der Waals surface area contributed by atoms with Crippen molar-refractivity contribution in [3.8, 4) is 0 Å². The van der Waals surface area contributed by atoms with Gasteiger partial charge in [-0.1, -0.05) is 6.92 Å². The molecule has 0 radical (unpaired) electrons. The molecular weight excluding hydrogens is 206 g/mol. The Hall–Kier alpha value is -0.770. The Bertz CT molecular complexity index is 302. The lowest BCUT2D eigenvalue weighted by atomic mass is 10.4. The SMILES string of the molecule is CCCSCc1nc(C)cc(NCC)n1. The lowest BCUT2D eigenvalue weighted by molar-refractivity contribution is 0.984. The molecule has 0 fully saturated rings. The van der Waals surface area contributed by atoms with Crippen LogP contribution in [-0.4, -0.2) is 22.3 Å². The van der Waals surface area contributed by atoms with Crippen molar-refractivity contribution in [2.24, 2.45) is 0 Å². The maximum absolute atomic E-state index is 4.45. The van der Waals surface area contributed by atoms with Crippen LogP contribution in [0.5, 0.6) is 0 Å². The van der Waals surface area contributed by atoms with E-state index in [4.69, 9.17) is 0 Å². The molecule has 0 unspecified atom stereocenters. The molecule has 15 heavy (non-hydrogen) atoms. The summed E-state index contributed by atoms with van der Waals surface area (Å²) in [6, 6.07) is 1.98. The quantitative estimate of drug-likeness (QED) is 0.755. The van der Waals surface area contributed by atoms with Gasteiger partial charge in [-0.05, 0) is 26.0 Å². The maximum Gasteiger partial charge on any atom is 0.140 e. The van der Waals surface area contributed by atoms with Crippen molar-refractivity contribution in [2.75, 3.05) is 17.6 Å². The van der Waals surface area contributed by atoms with E-state index in [0.717, 1.165) is 29.6 Å². The van der Waals surface area contributed by atoms with Crippen LogP contribution in [-0.2, 0) is 5.75 Å². The van der Waals surface area contributed by atoms with Gasteiger partial charge in [0.25, 0.3) is 0 Å². The van der Waals surface area contributed by atoms with Gasteiger partial charge in [0.15, 0.2) is 0 Å². The van der Waals surface area contributed by atoms with Crippen molar-refractivity contribution in [3.63, 3.8) is 0 Å². The van der Waals surface area contributed by atoms with Crippen molar-refractivity contribution >= 4 is 17.6 Å². The van der Waals surface area contributed by atoms with Gasteiger partial charge < -0.3 is 5.32 Å². The molecule has 0 aromatic carbocycles. The fourth-order valence-electron chi connectivity index (χ4n) is 1.27. The first-order valence-electron chi connectivity index (χ1n) is 5.42. The number of nitrogens with zero attached hydrogens (tertiary/aromatic N) is 2. The molecule has 0 spiro atoms. The summed E-state index contributed by atoms with van der Waals surface area (Å²) in [5.74, 6) is 3.96. The number of aryl methyl sites for hydroxylation is 1. The van der Waals surface area contributed by atoms with Crippen molar-refractivity contribution in [2.45, 2.75) is 32.9 Å². The van der Waals surface area contributed by atoms with Crippen LogP contribution < -0.4 is 5.32 Å². The second-order valence-corrected chi connectivity index (χ2v) is 4.50. The molecule has 1 rings (SSSR count). The van der Waals surface area contributed by atoms with E-state index in [2.05, 4.69) is 29.1 Å². The normalized spacial score (nSPS) is 10.3. The van der Waals surface area contributed by atoms with Crippen LogP contribution >= 0.6 is 11.8 Å². The molecule has 4 heteroatoms. The fraction of sp³-hybridized carbons (Fsp3) is 0.636. The van der Waals surface area contributed by atoms with E-state index in [1.165, 1.54) is 12.2 Å². The maximum atomic E-state index is 4.45. The van der Waals surface area contributed by atoms with Crippen molar-refractivity contribution in [1.29, 1.82) is 0 Å². The lowest BCUT2D eigenvalue weighted by Gasteiger charge is -2.06. The van der Waals surface area contributed by atoms with E-state index in [0.29, 0.717) is 0 Å². The molecule has 0 aliphatic carbocycles. The van der Waals surface area contributed by atoms with Crippen LogP contribution in [0, 0.1) is 6.92 Å². The minimum Gasteiger partial charge on any atom is -0.370 e. The Morgan fingerprint density at radius 1 is 1.33 bits per heavy atom. The summed E-state index contributed by atoms with van der Waals surface area (Å²) in [6.45, 7) is 7.17. The summed E-state index contributed by atoms with van der Waals surface area (Å²) in [4.78, 5) is 8.87. The topological polar surface area (TPSA) is 37.8 Å². The largest absolute Gasteiger partial charge is 0.370 e. The van der Waals surface area contributed by atoms with Gasteiger partial charge in [-0.2, -0.15) is 11.8 Å². The highest BCUT2D eigenvalue weighted by atomic mass is 32.2. The third-order valence-corrected chi connectivity index (χ3v) is 3.00. The third-order valence-electron chi connectivity index (χ3n) is 1.84. The summed E-state index contributed by atoms with van der Waals surface area (Å²) in [5.41, 5.74) is 1.04. The number of rotatable bonds is 6. The summed E-state index contributed by atoms with van der Waals surface area (Å²) in [5, 5.41) is 3.22. The third kappa shape index (κ3) is 4.51. The van der Waals surface area contributed by atoms with Crippen molar-refractivity contribution in [1.82, 2.24) is 9.97 Å². The van der Waals surface area contributed by atoms with Gasteiger partial charge in [0.2, 0.25) is 0 Å². The molecule has 3 nitrogen and oxygen atoms in total. The second-order valence-electron chi connectivity index (χ2n) is 3.39. The van der Waals surface area contributed by atoms with Crippen LogP contribution in [0.3, 0.4) is 0 Å². The number of hydrogen-bond donors (Lipinski definition) is 1. The highest BCUT2D eigenvalue weighted by Gasteiger charge is 2.01. The number of hydrogen-bond acceptors (Lipinski definition) is 4. The summed E-state index contributed by atoms with van der Waals surface area (Å²) < 4.78 is 0. The molecule has 0 bridgehead atoms. The molecular formula is C11H19N3S. The van der Waals surface area contributed by atoms with Crippen molar-refractivity contribution < 1.29 is 0 Å². The van der Waals surface area contributed by atoms with Gasteiger partial charge in [0.1, 0.15) is 11.6 Å². The Morgan fingerprint density at radius 2 is 2.13 bits per heavy atom. The predicted molar refractivity (Wildman–Crippen MR) is 67.4 cm³/mol. The van der Waals surface area contributed by atoms with Crippen LogP contribution in [0.1, 0.15) is 31.8 Å². The molecule has 1 aromatic heterocycles. The van der Waals surface area contributed by atoms with E-state index < -0.39 is 0 Å². The minimum atomic E-state index is 0.901. The summed E-state index contributed by atoms with van der Waals surface area (Å²) in [7, 11) is 0. The number of thioether (sulfide) groups is 1. The number of aromatic nitrogens is 2. The van der Waals surface area contributed by atoms with Gasteiger partial charge in [-0.25, -0.2) is 9.97 Å². The first-order chi connectivity index (χ1) is 7.26. The minimum absolute atomic E-state index is 0.901. The Labute approximate surface area is 96.1 Å². The van der Waals surface area contributed by atoms with Gasteiger partial charge in [0, 0.05) is 18.3 Å².